The van der Waals surface area contributed by atoms with Crippen LogP contribution in [-0.4, -0.2) is 16.1 Å². The van der Waals surface area contributed by atoms with Crippen LogP contribution in [0, 0.1) is 11.6 Å². The number of halogens is 2. The van der Waals surface area contributed by atoms with Gasteiger partial charge in [-0.05, 0) is 24.3 Å². The maximum atomic E-state index is 13.4. The highest BCUT2D eigenvalue weighted by molar-refractivity contribution is 5.86. The highest BCUT2D eigenvalue weighted by Gasteiger charge is 2.10. The Morgan fingerprint density at radius 1 is 1.18 bits per heavy atom. The molecule has 0 radical (unpaired) electrons. The summed E-state index contributed by atoms with van der Waals surface area (Å²) in [5.41, 5.74) is 0.0307. The monoisotopic (exact) mass is 235 g/mol. The Kier molecular flexibility index (Phi) is 2.82. The first-order chi connectivity index (χ1) is 8.08. The number of aromatic nitrogens is 1. The maximum Gasteiger partial charge on any atom is 0.354 e. The summed E-state index contributed by atoms with van der Waals surface area (Å²) in [6, 6.07) is 7.25. The number of nitrogens with zero attached hydrogens (tertiary/aromatic N) is 1. The molecule has 1 aromatic carbocycles. The number of carboxylic acids is 1. The fourth-order valence-electron chi connectivity index (χ4n) is 1.40. The van der Waals surface area contributed by atoms with E-state index in [1.165, 1.54) is 24.3 Å². The van der Waals surface area contributed by atoms with Crippen LogP contribution in [0.2, 0.25) is 0 Å². The lowest BCUT2D eigenvalue weighted by molar-refractivity contribution is 0.0690. The molecule has 0 aliphatic heterocycles. The van der Waals surface area contributed by atoms with Crippen LogP contribution in [0.25, 0.3) is 11.3 Å². The van der Waals surface area contributed by atoms with E-state index in [4.69, 9.17) is 5.11 Å². The zero-order chi connectivity index (χ0) is 12.4. The van der Waals surface area contributed by atoms with Crippen molar-refractivity contribution in [3.05, 3.63) is 53.7 Å². The Hall–Kier alpha value is -2.30. The van der Waals surface area contributed by atoms with Crippen molar-refractivity contribution in [2.45, 2.75) is 0 Å². The van der Waals surface area contributed by atoms with Crippen molar-refractivity contribution in [1.29, 1.82) is 0 Å². The van der Waals surface area contributed by atoms with Crippen molar-refractivity contribution < 1.29 is 18.7 Å². The molecule has 0 saturated heterocycles. The number of rotatable bonds is 2. The van der Waals surface area contributed by atoms with Crippen LogP contribution in [-0.2, 0) is 0 Å². The molecule has 17 heavy (non-hydrogen) atoms. The number of benzene rings is 1. The summed E-state index contributed by atoms with van der Waals surface area (Å²) in [7, 11) is 0. The lowest BCUT2D eigenvalue weighted by Gasteiger charge is -2.03. The Labute approximate surface area is 95.4 Å². The van der Waals surface area contributed by atoms with Crippen LogP contribution in [0.4, 0.5) is 8.78 Å². The third-order valence-electron chi connectivity index (χ3n) is 2.18. The van der Waals surface area contributed by atoms with Crippen LogP contribution in [0.5, 0.6) is 0 Å². The van der Waals surface area contributed by atoms with Gasteiger partial charge in [-0.1, -0.05) is 6.07 Å². The van der Waals surface area contributed by atoms with Gasteiger partial charge in [0, 0.05) is 11.6 Å². The number of aromatic carboxylic acids is 1. The van der Waals surface area contributed by atoms with Gasteiger partial charge in [-0.15, -0.1) is 0 Å². The van der Waals surface area contributed by atoms with Crippen molar-refractivity contribution in [2.24, 2.45) is 0 Å². The van der Waals surface area contributed by atoms with E-state index >= 15 is 0 Å². The summed E-state index contributed by atoms with van der Waals surface area (Å²) < 4.78 is 26.2. The van der Waals surface area contributed by atoms with E-state index in [0.29, 0.717) is 0 Å². The molecule has 1 heterocycles. The minimum Gasteiger partial charge on any atom is -0.477 e. The summed E-state index contributed by atoms with van der Waals surface area (Å²) in [6.45, 7) is 0. The van der Waals surface area contributed by atoms with Gasteiger partial charge in [0.15, 0.2) is 0 Å². The van der Waals surface area contributed by atoms with Gasteiger partial charge in [0.25, 0.3) is 0 Å². The predicted molar refractivity (Wildman–Crippen MR) is 56.5 cm³/mol. The molecule has 0 fully saturated rings. The molecule has 0 atom stereocenters. The summed E-state index contributed by atoms with van der Waals surface area (Å²) in [6.07, 6.45) is 0. The number of carbonyl (C=O) groups is 1. The van der Waals surface area contributed by atoms with Crippen LogP contribution < -0.4 is 0 Å². The molecule has 1 N–H and O–H groups in total. The van der Waals surface area contributed by atoms with E-state index in [1.54, 1.807) is 0 Å². The van der Waals surface area contributed by atoms with Gasteiger partial charge in [0.2, 0.25) is 0 Å². The largest absolute Gasteiger partial charge is 0.477 e. The lowest BCUT2D eigenvalue weighted by Crippen LogP contribution is -2.01. The molecule has 2 rings (SSSR count). The predicted octanol–water partition coefficient (Wildman–Crippen LogP) is 2.73. The standard InChI is InChI=1S/C12H7F2NO2/c13-7-4-5-8(9(14)6-7)10-2-1-3-11(15-10)12(16)17/h1-6H,(H,16,17). The summed E-state index contributed by atoms with van der Waals surface area (Å²) in [4.78, 5) is 14.5. The first kappa shape index (κ1) is 11.2. The number of carboxylic acid groups (broad SMARTS) is 1. The van der Waals surface area contributed by atoms with Gasteiger partial charge in [-0.2, -0.15) is 0 Å². The lowest BCUT2D eigenvalue weighted by atomic mass is 10.1. The zero-order valence-electron chi connectivity index (χ0n) is 8.52. The molecule has 0 saturated carbocycles. The van der Waals surface area contributed by atoms with E-state index in [2.05, 4.69) is 4.98 Å². The minimum atomic E-state index is -1.20. The molecular formula is C12H7F2NO2. The van der Waals surface area contributed by atoms with Gasteiger partial charge in [-0.25, -0.2) is 18.6 Å². The molecular weight excluding hydrogens is 228 g/mol. The van der Waals surface area contributed by atoms with Crippen molar-refractivity contribution in [2.75, 3.05) is 0 Å². The van der Waals surface area contributed by atoms with Gasteiger partial charge in [0.05, 0.1) is 5.69 Å². The van der Waals surface area contributed by atoms with Crippen LogP contribution >= 0.6 is 0 Å². The fraction of sp³-hybridized carbons (Fsp3) is 0. The molecule has 5 heteroatoms. The highest BCUT2D eigenvalue weighted by atomic mass is 19.1. The Morgan fingerprint density at radius 2 is 1.94 bits per heavy atom. The quantitative estimate of drug-likeness (QED) is 0.870. The van der Waals surface area contributed by atoms with Crippen LogP contribution in [0.1, 0.15) is 10.5 Å². The van der Waals surface area contributed by atoms with E-state index in [0.717, 1.165) is 12.1 Å². The summed E-state index contributed by atoms with van der Waals surface area (Å²) >= 11 is 0. The Balaban J connectivity index is 2.53. The zero-order valence-corrected chi connectivity index (χ0v) is 8.52. The van der Waals surface area contributed by atoms with Crippen molar-refractivity contribution >= 4 is 5.97 Å². The first-order valence-electron chi connectivity index (χ1n) is 4.73. The SMILES string of the molecule is O=C(O)c1cccc(-c2ccc(F)cc2F)n1. The van der Waals surface area contributed by atoms with E-state index in [-0.39, 0.29) is 17.0 Å². The van der Waals surface area contributed by atoms with Gasteiger partial charge in [-0.3, -0.25) is 0 Å². The number of pyridine rings is 1. The van der Waals surface area contributed by atoms with Gasteiger partial charge < -0.3 is 5.11 Å². The van der Waals surface area contributed by atoms with Crippen molar-refractivity contribution in [3.63, 3.8) is 0 Å². The van der Waals surface area contributed by atoms with E-state index in [1.807, 2.05) is 0 Å². The molecule has 0 bridgehead atoms. The Morgan fingerprint density at radius 3 is 2.59 bits per heavy atom. The fourth-order valence-corrected chi connectivity index (χ4v) is 1.40. The highest BCUT2D eigenvalue weighted by Crippen LogP contribution is 2.21. The normalized spacial score (nSPS) is 10.2. The van der Waals surface area contributed by atoms with E-state index < -0.39 is 17.6 Å². The summed E-state index contributed by atoms with van der Waals surface area (Å²) in [5.74, 6) is -2.67. The van der Waals surface area contributed by atoms with Crippen molar-refractivity contribution in [3.8, 4) is 11.3 Å². The molecule has 3 nitrogen and oxygen atoms in total. The molecule has 86 valence electrons. The first-order valence-corrected chi connectivity index (χ1v) is 4.73. The topological polar surface area (TPSA) is 50.2 Å². The maximum absolute atomic E-state index is 13.4. The molecule has 0 unspecified atom stereocenters. The van der Waals surface area contributed by atoms with Crippen LogP contribution in [0.3, 0.4) is 0 Å². The molecule has 2 aromatic rings. The minimum absolute atomic E-state index is 0.0644. The molecule has 0 amide bonds. The molecule has 1 aromatic heterocycles. The van der Waals surface area contributed by atoms with Gasteiger partial charge >= 0.3 is 5.97 Å². The van der Waals surface area contributed by atoms with Gasteiger partial charge in [0.1, 0.15) is 17.3 Å². The average molecular weight is 235 g/mol. The molecule has 0 spiro atoms. The average Bonchev–Trinajstić information content (AvgIpc) is 2.29. The third-order valence-corrected chi connectivity index (χ3v) is 2.18. The summed E-state index contributed by atoms with van der Waals surface area (Å²) in [5, 5.41) is 8.75. The number of hydrogen-bond acceptors (Lipinski definition) is 2. The smallest absolute Gasteiger partial charge is 0.354 e. The van der Waals surface area contributed by atoms with Crippen LogP contribution in [0.15, 0.2) is 36.4 Å². The number of hydrogen-bond donors (Lipinski definition) is 1. The Bertz CT molecular complexity index is 584. The third kappa shape index (κ3) is 2.28. The second-order valence-corrected chi connectivity index (χ2v) is 3.34. The van der Waals surface area contributed by atoms with E-state index in [9.17, 15) is 13.6 Å². The second-order valence-electron chi connectivity index (χ2n) is 3.34. The second kappa shape index (κ2) is 4.29. The van der Waals surface area contributed by atoms with Crippen molar-refractivity contribution in [1.82, 2.24) is 4.98 Å². The molecule has 0 aliphatic rings. The molecule has 0 aliphatic carbocycles.